The summed E-state index contributed by atoms with van der Waals surface area (Å²) in [4.78, 5) is 13.0. The van der Waals surface area contributed by atoms with Gasteiger partial charge in [0.1, 0.15) is 5.75 Å². The number of benzene rings is 1. The van der Waals surface area contributed by atoms with Crippen molar-refractivity contribution in [2.24, 2.45) is 0 Å². The minimum atomic E-state index is 0.0718. The lowest BCUT2D eigenvalue weighted by atomic mass is 10.2. The van der Waals surface area contributed by atoms with Crippen molar-refractivity contribution in [2.75, 3.05) is 27.7 Å². The molecule has 1 aromatic carbocycles. The lowest BCUT2D eigenvalue weighted by Gasteiger charge is -2.12. The normalized spacial score (nSPS) is 10.2. The molecule has 0 aliphatic carbocycles. The lowest BCUT2D eigenvalue weighted by Crippen LogP contribution is -2.23. The van der Waals surface area contributed by atoms with Crippen LogP contribution in [0.2, 0.25) is 0 Å². The van der Waals surface area contributed by atoms with Crippen LogP contribution in [-0.4, -0.2) is 38.6 Å². The van der Waals surface area contributed by atoms with Gasteiger partial charge in [0.15, 0.2) is 0 Å². The van der Waals surface area contributed by atoms with E-state index in [-0.39, 0.29) is 5.91 Å². The smallest absolute Gasteiger partial charge is 0.225 e. The summed E-state index contributed by atoms with van der Waals surface area (Å²) < 4.78 is 6.62. The molecule has 0 atom stereocenters. The predicted molar refractivity (Wildman–Crippen MR) is 75.7 cm³/mol. The second-order valence-electron chi connectivity index (χ2n) is 4.17. The fraction of sp³-hybridized carbons (Fsp3) is 0.462. The van der Waals surface area contributed by atoms with Gasteiger partial charge in [-0.1, -0.05) is 15.9 Å². The number of nitrogens with zero attached hydrogens (tertiary/aromatic N) is 1. The number of halogens is 1. The summed E-state index contributed by atoms with van der Waals surface area (Å²) in [5.74, 6) is 0.859. The topological polar surface area (TPSA) is 41.6 Å². The third-order valence-electron chi connectivity index (χ3n) is 2.47. The highest BCUT2D eigenvalue weighted by Gasteiger charge is 2.05. The molecule has 0 aliphatic rings. The van der Waals surface area contributed by atoms with Crippen LogP contribution in [0.5, 0.6) is 5.75 Å². The van der Waals surface area contributed by atoms with Crippen molar-refractivity contribution >= 4 is 21.8 Å². The van der Waals surface area contributed by atoms with Gasteiger partial charge in [-0.3, -0.25) is 4.79 Å². The summed E-state index contributed by atoms with van der Waals surface area (Å²) in [6.45, 7) is 1.17. The molecule has 0 aromatic heterocycles. The first kappa shape index (κ1) is 15.0. The summed E-state index contributed by atoms with van der Waals surface area (Å²) in [7, 11) is 5.38. The molecule has 0 unspecified atom stereocenters. The van der Waals surface area contributed by atoms with Gasteiger partial charge in [-0.15, -0.1) is 0 Å². The van der Waals surface area contributed by atoms with E-state index < -0.39 is 0 Å². The molecule has 1 N–H and O–H groups in total. The number of hydrogen-bond donors (Lipinski definition) is 1. The minimum Gasteiger partial charge on any atom is -0.493 e. The Morgan fingerprint density at radius 1 is 1.44 bits per heavy atom. The van der Waals surface area contributed by atoms with Gasteiger partial charge in [0, 0.05) is 25.1 Å². The zero-order valence-electron chi connectivity index (χ0n) is 11.0. The van der Waals surface area contributed by atoms with Crippen LogP contribution >= 0.6 is 15.9 Å². The van der Waals surface area contributed by atoms with Crippen molar-refractivity contribution in [3.63, 3.8) is 0 Å². The highest BCUT2D eigenvalue weighted by molar-refractivity contribution is 9.10. The molecule has 1 aromatic rings. The van der Waals surface area contributed by atoms with Crippen molar-refractivity contribution in [1.82, 2.24) is 10.2 Å². The predicted octanol–water partition coefficient (Wildman–Crippen LogP) is 2.03. The highest BCUT2D eigenvalue weighted by Crippen LogP contribution is 2.22. The van der Waals surface area contributed by atoms with Crippen LogP contribution in [0, 0.1) is 0 Å². The van der Waals surface area contributed by atoms with E-state index >= 15 is 0 Å². The maximum Gasteiger partial charge on any atom is 0.225 e. The molecule has 5 heteroatoms. The molecular formula is C13H19BrN2O2. The van der Waals surface area contributed by atoms with Gasteiger partial charge in [-0.2, -0.15) is 0 Å². The van der Waals surface area contributed by atoms with Gasteiger partial charge in [0.2, 0.25) is 5.91 Å². The average molecular weight is 315 g/mol. The molecule has 0 spiro atoms. The van der Waals surface area contributed by atoms with E-state index in [0.717, 1.165) is 22.3 Å². The number of carbonyl (C=O) groups excluding carboxylic acids is 1. The fourth-order valence-corrected chi connectivity index (χ4v) is 1.83. The SMILES string of the molecule is CNCc1cc(OCCC(=O)N(C)C)ccc1Br. The Hall–Kier alpha value is -1.07. The van der Waals surface area contributed by atoms with E-state index in [1.54, 1.807) is 19.0 Å². The Bertz CT molecular complexity index is 408. The molecule has 1 amide bonds. The Morgan fingerprint density at radius 3 is 2.78 bits per heavy atom. The third kappa shape index (κ3) is 4.66. The fourth-order valence-electron chi connectivity index (χ4n) is 1.45. The molecule has 1 rings (SSSR count). The number of ether oxygens (including phenoxy) is 1. The first-order valence-corrected chi connectivity index (χ1v) is 6.60. The van der Waals surface area contributed by atoms with Gasteiger partial charge < -0.3 is 15.0 Å². The number of amides is 1. The van der Waals surface area contributed by atoms with E-state index in [2.05, 4.69) is 21.2 Å². The number of nitrogens with one attached hydrogen (secondary N) is 1. The summed E-state index contributed by atoms with van der Waals surface area (Å²) >= 11 is 3.49. The molecule has 0 saturated carbocycles. The quantitative estimate of drug-likeness (QED) is 0.873. The summed E-state index contributed by atoms with van der Waals surface area (Å²) in [6, 6.07) is 5.82. The molecule has 0 heterocycles. The lowest BCUT2D eigenvalue weighted by molar-refractivity contribution is -0.129. The van der Waals surface area contributed by atoms with Crippen LogP contribution in [0.1, 0.15) is 12.0 Å². The van der Waals surface area contributed by atoms with Crippen molar-refractivity contribution < 1.29 is 9.53 Å². The zero-order valence-corrected chi connectivity index (χ0v) is 12.6. The van der Waals surface area contributed by atoms with Crippen molar-refractivity contribution in [3.05, 3.63) is 28.2 Å². The van der Waals surface area contributed by atoms with Crippen LogP contribution in [0.15, 0.2) is 22.7 Å². The molecule has 0 aliphatic heterocycles. The Balaban J connectivity index is 2.52. The van der Waals surface area contributed by atoms with Crippen molar-refractivity contribution in [2.45, 2.75) is 13.0 Å². The van der Waals surface area contributed by atoms with E-state index in [1.807, 2.05) is 25.2 Å². The van der Waals surface area contributed by atoms with Gasteiger partial charge in [-0.25, -0.2) is 0 Å². The molecule has 4 nitrogen and oxygen atoms in total. The molecule has 18 heavy (non-hydrogen) atoms. The first-order valence-electron chi connectivity index (χ1n) is 5.80. The standard InChI is InChI=1S/C13H19BrN2O2/c1-15-9-10-8-11(4-5-12(10)14)18-7-6-13(17)16(2)3/h4-5,8,15H,6-7,9H2,1-3H3. The largest absolute Gasteiger partial charge is 0.493 e. The number of hydrogen-bond acceptors (Lipinski definition) is 3. The highest BCUT2D eigenvalue weighted by atomic mass is 79.9. The summed E-state index contributed by atoms with van der Waals surface area (Å²) in [5, 5.41) is 3.09. The maximum absolute atomic E-state index is 11.4. The van der Waals surface area contributed by atoms with E-state index in [4.69, 9.17) is 4.74 Å². The van der Waals surface area contributed by atoms with Gasteiger partial charge in [0.05, 0.1) is 13.0 Å². The average Bonchev–Trinajstić information content (AvgIpc) is 2.33. The van der Waals surface area contributed by atoms with Gasteiger partial charge in [-0.05, 0) is 30.8 Å². The molecule has 0 bridgehead atoms. The van der Waals surface area contributed by atoms with Crippen molar-refractivity contribution in [1.29, 1.82) is 0 Å². The zero-order chi connectivity index (χ0) is 13.5. The minimum absolute atomic E-state index is 0.0718. The number of rotatable bonds is 6. The van der Waals surface area contributed by atoms with Crippen molar-refractivity contribution in [3.8, 4) is 5.75 Å². The molecule has 0 fully saturated rings. The first-order chi connectivity index (χ1) is 8.54. The van der Waals surface area contributed by atoms with Gasteiger partial charge >= 0.3 is 0 Å². The number of carbonyl (C=O) groups is 1. The van der Waals surface area contributed by atoms with E-state index in [0.29, 0.717) is 13.0 Å². The van der Waals surface area contributed by atoms with Crippen LogP contribution in [-0.2, 0) is 11.3 Å². The third-order valence-corrected chi connectivity index (χ3v) is 3.24. The van der Waals surface area contributed by atoms with Gasteiger partial charge in [0.25, 0.3) is 0 Å². The van der Waals surface area contributed by atoms with E-state index in [1.165, 1.54) is 0 Å². The monoisotopic (exact) mass is 314 g/mol. The van der Waals surface area contributed by atoms with Crippen LogP contribution in [0.3, 0.4) is 0 Å². The van der Waals surface area contributed by atoms with Crippen LogP contribution in [0.25, 0.3) is 0 Å². The molecule has 0 radical (unpaired) electrons. The molecule has 0 saturated heterocycles. The van der Waals surface area contributed by atoms with E-state index in [9.17, 15) is 4.79 Å². The second kappa shape index (κ2) is 7.38. The van der Waals surface area contributed by atoms with Crippen LogP contribution < -0.4 is 10.1 Å². The summed E-state index contributed by atoms with van der Waals surface area (Å²) in [6.07, 6.45) is 0.393. The Morgan fingerprint density at radius 2 is 2.17 bits per heavy atom. The molecule has 100 valence electrons. The summed E-state index contributed by atoms with van der Waals surface area (Å²) in [5.41, 5.74) is 1.13. The molecular weight excluding hydrogens is 296 g/mol. The maximum atomic E-state index is 11.4. The Labute approximate surface area is 116 Å². The second-order valence-corrected chi connectivity index (χ2v) is 5.02. The van der Waals surface area contributed by atoms with Crippen LogP contribution in [0.4, 0.5) is 0 Å². The Kier molecular flexibility index (Phi) is 6.15.